The van der Waals surface area contributed by atoms with E-state index in [4.69, 9.17) is 87.7 Å². The minimum atomic E-state index is -0.981. The number of ether oxygens (including phenoxy) is 5. The van der Waals surface area contributed by atoms with Gasteiger partial charge in [0.2, 0.25) is 0 Å². The normalized spacial score (nSPS) is 9.29. The molecule has 17 nitrogen and oxygen atoms in total. The van der Waals surface area contributed by atoms with Crippen LogP contribution in [0.4, 0.5) is 0 Å². The molecule has 0 aliphatic rings. The summed E-state index contributed by atoms with van der Waals surface area (Å²) in [5.41, 5.74) is 0. The first-order chi connectivity index (χ1) is 21.1. The third-order valence-corrected chi connectivity index (χ3v) is 3.61. The van der Waals surface area contributed by atoms with E-state index in [1.165, 1.54) is 0 Å². The zero-order valence-corrected chi connectivity index (χ0v) is 26.1. The number of carbonyl (C=O) groups excluding carboxylic acids is 2. The number of hydrogen-bond donors (Lipinski definition) is 8. The standard InChI is InChI=1S/C14H20Cl2O7.2C3H8O3.2C3H4O2/c1-11(15)13(17)22-9-7-20-5-3-19-4-6-21-8-10-23-14(18)12(2)16;2*4-1-3(6)2-5;2*1-2-3(4)5/h1-10H2;2*3-6H,1-2H2;2*2H,1H2,(H,4,5). The van der Waals surface area contributed by atoms with Crippen molar-refractivity contribution in [1.82, 2.24) is 0 Å². The summed E-state index contributed by atoms with van der Waals surface area (Å²) in [7, 11) is 0. The van der Waals surface area contributed by atoms with Gasteiger partial charge in [-0.2, -0.15) is 0 Å². The molecule has 45 heavy (non-hydrogen) atoms. The lowest BCUT2D eigenvalue weighted by Crippen LogP contribution is -2.15. The summed E-state index contributed by atoms with van der Waals surface area (Å²) >= 11 is 10.6. The summed E-state index contributed by atoms with van der Waals surface area (Å²) in [6, 6.07) is 0. The molecule has 0 atom stereocenters. The van der Waals surface area contributed by atoms with Crippen LogP contribution in [0, 0.1) is 0 Å². The van der Waals surface area contributed by atoms with Crippen molar-refractivity contribution in [1.29, 1.82) is 0 Å². The molecule has 0 aliphatic heterocycles. The Balaban J connectivity index is -0.000000194. The molecule has 0 fully saturated rings. The van der Waals surface area contributed by atoms with Crippen molar-refractivity contribution < 1.29 is 83.7 Å². The number of carboxylic acids is 2. The highest BCUT2D eigenvalue weighted by molar-refractivity contribution is 6.41. The molecule has 0 heterocycles. The highest BCUT2D eigenvalue weighted by Crippen LogP contribution is 1.99. The first-order valence-electron chi connectivity index (χ1n) is 12.4. The van der Waals surface area contributed by atoms with Gasteiger partial charge in [0.05, 0.1) is 66.1 Å². The maximum Gasteiger partial charge on any atom is 0.349 e. The average molecular weight is 700 g/mol. The van der Waals surface area contributed by atoms with Crippen molar-refractivity contribution in [2.75, 3.05) is 79.3 Å². The SMILES string of the molecule is C=C(Cl)C(=O)OCCOCCOCCOCCOC(=O)C(=C)Cl.C=CC(=O)O.C=CC(=O)O.OCC(O)CO.OCC(O)CO. The molecule has 0 unspecified atom stereocenters. The lowest BCUT2D eigenvalue weighted by atomic mass is 10.4. The molecule has 0 aliphatic carbocycles. The number of halogens is 2. The Morgan fingerprint density at radius 3 is 0.889 bits per heavy atom. The molecule has 0 bridgehead atoms. The molecule has 0 saturated carbocycles. The number of esters is 2. The minimum absolute atomic E-state index is 0.0983. The molecular weight excluding hydrogens is 655 g/mol. The van der Waals surface area contributed by atoms with Crippen LogP contribution in [0.2, 0.25) is 0 Å². The van der Waals surface area contributed by atoms with Crippen LogP contribution in [0.3, 0.4) is 0 Å². The molecule has 8 N–H and O–H groups in total. The van der Waals surface area contributed by atoms with Crippen LogP contribution in [-0.2, 0) is 42.9 Å². The molecule has 264 valence electrons. The Morgan fingerprint density at radius 1 is 0.556 bits per heavy atom. The van der Waals surface area contributed by atoms with E-state index in [1.807, 2.05) is 0 Å². The summed E-state index contributed by atoms with van der Waals surface area (Å²) in [4.78, 5) is 40.3. The molecule has 0 amide bonds. The van der Waals surface area contributed by atoms with Crippen LogP contribution in [0.25, 0.3) is 0 Å². The van der Waals surface area contributed by atoms with Gasteiger partial charge < -0.3 is 64.5 Å². The van der Waals surface area contributed by atoms with Crippen molar-refractivity contribution in [3.05, 3.63) is 48.5 Å². The number of carboxylic acid groups (broad SMARTS) is 2. The second-order valence-electron chi connectivity index (χ2n) is 7.04. The van der Waals surface area contributed by atoms with Gasteiger partial charge in [0.15, 0.2) is 0 Å². The van der Waals surface area contributed by atoms with Crippen LogP contribution in [0.15, 0.2) is 48.5 Å². The number of carbonyl (C=O) groups is 4. The fraction of sp³-hybridized carbons (Fsp3) is 0.538. The van der Waals surface area contributed by atoms with Gasteiger partial charge in [0.25, 0.3) is 0 Å². The van der Waals surface area contributed by atoms with Crippen LogP contribution in [-0.4, -0.2) is 156 Å². The first-order valence-corrected chi connectivity index (χ1v) is 13.1. The molecule has 0 radical (unpaired) electrons. The Kier molecular flexibility index (Phi) is 47.1. The van der Waals surface area contributed by atoms with Gasteiger partial charge in [-0.1, -0.05) is 49.5 Å². The minimum Gasteiger partial charge on any atom is -0.478 e. The maximum atomic E-state index is 10.9. The molecule has 0 saturated heterocycles. The molecule has 0 aromatic heterocycles. The topological polar surface area (TPSA) is 276 Å². The third-order valence-electron chi connectivity index (χ3n) is 3.30. The lowest BCUT2D eigenvalue weighted by molar-refractivity contribution is -0.140. The van der Waals surface area contributed by atoms with Crippen molar-refractivity contribution in [2.24, 2.45) is 0 Å². The number of aliphatic carboxylic acids is 2. The Bertz CT molecular complexity index is 736. The Hall–Kier alpha value is -2.94. The molecule has 0 aromatic carbocycles. The average Bonchev–Trinajstić information content (AvgIpc) is 3.02. The Labute approximate surface area is 270 Å². The van der Waals surface area contributed by atoms with E-state index in [1.54, 1.807) is 0 Å². The van der Waals surface area contributed by atoms with E-state index in [2.05, 4.69) is 26.3 Å². The highest BCUT2D eigenvalue weighted by atomic mass is 35.5. The largest absolute Gasteiger partial charge is 0.478 e. The maximum absolute atomic E-state index is 10.9. The van der Waals surface area contributed by atoms with E-state index in [0.717, 1.165) is 12.2 Å². The van der Waals surface area contributed by atoms with E-state index in [-0.39, 0.29) is 62.9 Å². The van der Waals surface area contributed by atoms with Gasteiger partial charge >= 0.3 is 23.9 Å². The predicted octanol–water partition coefficient (Wildman–Crippen LogP) is -1.19. The van der Waals surface area contributed by atoms with Crippen LogP contribution in [0.5, 0.6) is 0 Å². The summed E-state index contributed by atoms with van der Waals surface area (Å²) in [5, 5.41) is 62.9. The van der Waals surface area contributed by atoms with Gasteiger partial charge in [-0.25, -0.2) is 19.2 Å². The van der Waals surface area contributed by atoms with E-state index in [0.29, 0.717) is 26.4 Å². The van der Waals surface area contributed by atoms with Gasteiger partial charge in [0.1, 0.15) is 35.5 Å². The van der Waals surface area contributed by atoms with Crippen molar-refractivity contribution >= 4 is 47.1 Å². The van der Waals surface area contributed by atoms with Crippen molar-refractivity contribution in [2.45, 2.75) is 12.2 Å². The summed E-state index contributed by atoms with van der Waals surface area (Å²) in [6.07, 6.45) is -0.241. The van der Waals surface area contributed by atoms with Crippen LogP contribution >= 0.6 is 23.2 Å². The number of aliphatic hydroxyl groups is 6. The first kappa shape index (κ1) is 51.6. The monoisotopic (exact) mass is 698 g/mol. The van der Waals surface area contributed by atoms with E-state index >= 15 is 0 Å². The molecule has 19 heteroatoms. The van der Waals surface area contributed by atoms with Gasteiger partial charge in [-0.3, -0.25) is 0 Å². The number of aliphatic hydroxyl groups excluding tert-OH is 6. The van der Waals surface area contributed by atoms with Gasteiger partial charge in [-0.15, -0.1) is 0 Å². The fourth-order valence-corrected chi connectivity index (χ4v) is 1.31. The predicted molar refractivity (Wildman–Crippen MR) is 160 cm³/mol. The zero-order chi connectivity index (χ0) is 36.1. The lowest BCUT2D eigenvalue weighted by Gasteiger charge is -2.07. The number of rotatable bonds is 20. The molecular formula is C26H44Cl2O17. The van der Waals surface area contributed by atoms with Crippen molar-refractivity contribution in [3.8, 4) is 0 Å². The van der Waals surface area contributed by atoms with Crippen molar-refractivity contribution in [3.63, 3.8) is 0 Å². The Morgan fingerprint density at radius 2 is 0.756 bits per heavy atom. The smallest absolute Gasteiger partial charge is 0.349 e. The second kappa shape index (κ2) is 41.1. The second-order valence-corrected chi connectivity index (χ2v) is 7.95. The van der Waals surface area contributed by atoms with Gasteiger partial charge in [0, 0.05) is 12.2 Å². The van der Waals surface area contributed by atoms with Crippen LogP contribution < -0.4 is 0 Å². The zero-order valence-electron chi connectivity index (χ0n) is 24.6. The molecule has 0 aromatic rings. The third kappa shape index (κ3) is 57.3. The highest BCUT2D eigenvalue weighted by Gasteiger charge is 2.05. The molecule has 0 rings (SSSR count). The summed E-state index contributed by atoms with van der Waals surface area (Å²) in [6.45, 7) is 13.1. The van der Waals surface area contributed by atoms with Gasteiger partial charge in [-0.05, 0) is 0 Å². The summed E-state index contributed by atoms with van der Waals surface area (Å²) in [5.74, 6) is -3.29. The summed E-state index contributed by atoms with van der Waals surface area (Å²) < 4.78 is 25.0. The fourth-order valence-electron chi connectivity index (χ4n) is 1.20. The van der Waals surface area contributed by atoms with E-state index < -0.39 is 36.1 Å². The molecule has 0 spiro atoms. The van der Waals surface area contributed by atoms with E-state index in [9.17, 15) is 19.2 Å². The number of hydrogen-bond acceptors (Lipinski definition) is 15. The quantitative estimate of drug-likeness (QED) is 0.0421. The van der Waals surface area contributed by atoms with Crippen LogP contribution in [0.1, 0.15) is 0 Å².